The van der Waals surface area contributed by atoms with Crippen molar-refractivity contribution in [3.63, 3.8) is 0 Å². The molecule has 42 heavy (non-hydrogen) atoms. The second-order valence-electron chi connectivity index (χ2n) is 11.8. The molecule has 3 aromatic rings. The lowest BCUT2D eigenvalue weighted by Gasteiger charge is -2.27. The molecule has 3 amide bonds. The third-order valence-corrected chi connectivity index (χ3v) is 9.10. The van der Waals surface area contributed by atoms with Crippen molar-refractivity contribution >= 4 is 39.1 Å². The van der Waals surface area contributed by atoms with E-state index in [-0.39, 0.29) is 23.6 Å². The van der Waals surface area contributed by atoms with Crippen LogP contribution in [0.1, 0.15) is 50.7 Å². The summed E-state index contributed by atoms with van der Waals surface area (Å²) in [7, 11) is 0. The van der Waals surface area contributed by atoms with Crippen LogP contribution in [-0.4, -0.2) is 55.5 Å². The molecule has 2 heterocycles. The number of hydrogen-bond donors (Lipinski definition) is 4. The first kappa shape index (κ1) is 30.0. The van der Waals surface area contributed by atoms with E-state index in [2.05, 4.69) is 38.8 Å². The van der Waals surface area contributed by atoms with Crippen molar-refractivity contribution in [3.8, 4) is 5.75 Å². The number of para-hydroxylation sites is 1. The van der Waals surface area contributed by atoms with Gasteiger partial charge in [-0.25, -0.2) is 0 Å². The van der Waals surface area contributed by atoms with Gasteiger partial charge in [0.15, 0.2) is 0 Å². The first-order valence-corrected chi connectivity index (χ1v) is 16.0. The molecule has 5 rings (SSSR count). The summed E-state index contributed by atoms with van der Waals surface area (Å²) in [6.45, 7) is 5.18. The number of aryl methyl sites for hydroxylation is 1. The Morgan fingerprint density at radius 1 is 0.905 bits per heavy atom. The second-order valence-corrected chi connectivity index (χ2v) is 12.7. The van der Waals surface area contributed by atoms with E-state index in [1.165, 1.54) is 4.70 Å². The van der Waals surface area contributed by atoms with Gasteiger partial charge < -0.3 is 26.0 Å². The summed E-state index contributed by atoms with van der Waals surface area (Å²) in [5.74, 6) is 0.366. The van der Waals surface area contributed by atoms with E-state index >= 15 is 0 Å². The minimum Gasteiger partial charge on any atom is -0.492 e. The number of carbonyl (C=O) groups is 3. The maximum Gasteiger partial charge on any atom is 0.243 e. The van der Waals surface area contributed by atoms with E-state index < -0.39 is 18.1 Å². The molecule has 1 aliphatic carbocycles. The van der Waals surface area contributed by atoms with Gasteiger partial charge >= 0.3 is 0 Å². The van der Waals surface area contributed by atoms with Gasteiger partial charge in [-0.1, -0.05) is 63.1 Å². The fourth-order valence-electron chi connectivity index (χ4n) is 5.50. The Labute approximate surface area is 252 Å². The molecule has 1 fully saturated rings. The predicted octanol–water partition coefficient (Wildman–Crippen LogP) is 3.97. The van der Waals surface area contributed by atoms with E-state index in [1.807, 2.05) is 50.2 Å². The van der Waals surface area contributed by atoms with E-state index in [1.54, 1.807) is 11.3 Å². The zero-order valence-electron chi connectivity index (χ0n) is 24.5. The van der Waals surface area contributed by atoms with Gasteiger partial charge in [-0.3, -0.25) is 14.4 Å². The SMILES string of the molecule is CC(C)[C@H]1NC(=O)[C@@H](Cc2csc3ccccc23)NCCOc2ccccc2CCCNC(=O)[C@H](CC2CC2)NC1=O. The van der Waals surface area contributed by atoms with Crippen LogP contribution in [0.4, 0.5) is 0 Å². The summed E-state index contributed by atoms with van der Waals surface area (Å²) in [6.07, 6.45) is 4.76. The Morgan fingerprint density at radius 2 is 1.69 bits per heavy atom. The standard InChI is InChI=1S/C33H42N4O4S/c1-21(2)30-33(40)36-27(18-22-13-14-22)31(38)35-15-7-9-23-8-3-5-11-28(23)41-17-16-34-26(32(39)37-30)19-24-20-42-29-12-6-4-10-25(24)29/h3-6,8,10-12,20-22,26-27,30,34H,7,9,13-19H2,1-2H3,(H,35,38)(H,36,40)(H,37,39)/t26-,27+,30-/m1/s1. The molecule has 0 radical (unpaired) electrons. The van der Waals surface area contributed by atoms with Crippen LogP contribution < -0.4 is 26.0 Å². The van der Waals surface area contributed by atoms with Crippen LogP contribution in [0.25, 0.3) is 10.1 Å². The predicted molar refractivity (Wildman–Crippen MR) is 167 cm³/mol. The summed E-state index contributed by atoms with van der Waals surface area (Å²) < 4.78 is 7.32. The molecular weight excluding hydrogens is 548 g/mol. The highest BCUT2D eigenvalue weighted by Crippen LogP contribution is 2.33. The number of amides is 3. The van der Waals surface area contributed by atoms with Gasteiger partial charge in [0, 0.05) is 17.8 Å². The third-order valence-electron chi connectivity index (χ3n) is 8.09. The molecular formula is C33H42N4O4S. The van der Waals surface area contributed by atoms with Crippen molar-refractivity contribution in [2.24, 2.45) is 11.8 Å². The molecule has 224 valence electrons. The summed E-state index contributed by atoms with van der Waals surface area (Å²) in [6, 6.07) is 14.2. The minimum atomic E-state index is -0.766. The van der Waals surface area contributed by atoms with Crippen LogP contribution in [0.3, 0.4) is 0 Å². The van der Waals surface area contributed by atoms with Crippen molar-refractivity contribution in [2.45, 2.75) is 70.5 Å². The molecule has 9 heteroatoms. The summed E-state index contributed by atoms with van der Waals surface area (Å²) >= 11 is 1.66. The van der Waals surface area contributed by atoms with Gasteiger partial charge in [0.1, 0.15) is 24.4 Å². The number of thiophene rings is 1. The quantitative estimate of drug-likeness (QED) is 0.360. The van der Waals surface area contributed by atoms with Gasteiger partial charge in [0.2, 0.25) is 17.7 Å². The molecule has 1 saturated carbocycles. The van der Waals surface area contributed by atoms with Crippen LogP contribution in [0.15, 0.2) is 53.9 Å². The molecule has 1 aliphatic heterocycles. The topological polar surface area (TPSA) is 109 Å². The van der Waals surface area contributed by atoms with Gasteiger partial charge in [0.25, 0.3) is 0 Å². The molecule has 2 aliphatic rings. The average Bonchev–Trinajstić information content (AvgIpc) is 3.72. The lowest BCUT2D eigenvalue weighted by molar-refractivity contribution is -0.133. The van der Waals surface area contributed by atoms with Crippen LogP contribution in [0, 0.1) is 11.8 Å². The number of nitrogens with one attached hydrogen (secondary N) is 4. The molecule has 0 spiro atoms. The zero-order valence-corrected chi connectivity index (χ0v) is 25.3. The summed E-state index contributed by atoms with van der Waals surface area (Å²) in [5.41, 5.74) is 2.16. The molecule has 0 unspecified atom stereocenters. The average molecular weight is 591 g/mol. The van der Waals surface area contributed by atoms with Crippen molar-refractivity contribution in [1.29, 1.82) is 0 Å². The zero-order chi connectivity index (χ0) is 29.5. The van der Waals surface area contributed by atoms with E-state index in [9.17, 15) is 14.4 Å². The third kappa shape index (κ3) is 7.89. The minimum absolute atomic E-state index is 0.161. The molecule has 3 atom stereocenters. The Hall–Kier alpha value is -3.43. The fraction of sp³-hybridized carbons (Fsp3) is 0.485. The van der Waals surface area contributed by atoms with Crippen LogP contribution >= 0.6 is 11.3 Å². The molecule has 1 aromatic heterocycles. The molecule has 8 nitrogen and oxygen atoms in total. The smallest absolute Gasteiger partial charge is 0.243 e. The van der Waals surface area contributed by atoms with E-state index in [0.29, 0.717) is 38.5 Å². The van der Waals surface area contributed by atoms with Crippen LogP contribution in [-0.2, 0) is 27.2 Å². The van der Waals surface area contributed by atoms with Gasteiger partial charge in [-0.2, -0.15) is 0 Å². The maximum absolute atomic E-state index is 13.8. The van der Waals surface area contributed by atoms with Crippen molar-refractivity contribution in [2.75, 3.05) is 19.7 Å². The van der Waals surface area contributed by atoms with Gasteiger partial charge in [0.05, 0.1) is 6.04 Å². The van der Waals surface area contributed by atoms with Gasteiger partial charge in [-0.05, 0) is 71.5 Å². The monoisotopic (exact) mass is 590 g/mol. The van der Waals surface area contributed by atoms with Crippen molar-refractivity contribution in [3.05, 3.63) is 65.0 Å². The highest BCUT2D eigenvalue weighted by molar-refractivity contribution is 7.17. The number of fused-ring (bicyclic) bond motifs is 2. The second kappa shape index (κ2) is 14.2. The van der Waals surface area contributed by atoms with Crippen LogP contribution in [0.2, 0.25) is 0 Å². The molecule has 2 aromatic carbocycles. The Morgan fingerprint density at radius 3 is 2.50 bits per heavy atom. The Bertz CT molecular complexity index is 1390. The number of ether oxygens (including phenoxy) is 1. The lowest BCUT2D eigenvalue weighted by atomic mass is 9.99. The van der Waals surface area contributed by atoms with Crippen LogP contribution in [0.5, 0.6) is 5.75 Å². The summed E-state index contributed by atoms with van der Waals surface area (Å²) in [4.78, 5) is 40.5. The maximum atomic E-state index is 13.8. The lowest BCUT2D eigenvalue weighted by Crippen LogP contribution is -2.58. The number of benzene rings is 2. The van der Waals surface area contributed by atoms with Crippen molar-refractivity contribution in [1.82, 2.24) is 21.3 Å². The van der Waals surface area contributed by atoms with E-state index in [0.717, 1.165) is 47.9 Å². The molecule has 0 saturated heterocycles. The Kier molecular flexibility index (Phi) is 10.1. The first-order chi connectivity index (χ1) is 20.4. The fourth-order valence-corrected chi connectivity index (χ4v) is 6.47. The number of carbonyl (C=O) groups excluding carboxylic acids is 3. The number of hydrogen-bond acceptors (Lipinski definition) is 6. The van der Waals surface area contributed by atoms with E-state index in [4.69, 9.17) is 4.74 Å². The molecule has 4 N–H and O–H groups in total. The highest BCUT2D eigenvalue weighted by Gasteiger charge is 2.34. The summed E-state index contributed by atoms with van der Waals surface area (Å²) in [5, 5.41) is 15.7. The van der Waals surface area contributed by atoms with Gasteiger partial charge in [-0.15, -0.1) is 11.3 Å². The van der Waals surface area contributed by atoms with Crippen molar-refractivity contribution < 1.29 is 19.1 Å². The normalized spacial score (nSPS) is 23.2. The first-order valence-electron chi connectivity index (χ1n) is 15.2. The molecule has 0 bridgehead atoms. The Balaban J connectivity index is 1.39. The number of rotatable bonds is 5. The largest absolute Gasteiger partial charge is 0.492 e. The highest BCUT2D eigenvalue weighted by atomic mass is 32.1.